The lowest BCUT2D eigenvalue weighted by Crippen LogP contribution is -2.20. The van der Waals surface area contributed by atoms with Crippen LogP contribution in [0.15, 0.2) is 55.1 Å². The van der Waals surface area contributed by atoms with Gasteiger partial charge in [-0.2, -0.15) is 0 Å². The van der Waals surface area contributed by atoms with E-state index in [1.54, 1.807) is 30.7 Å². The van der Waals surface area contributed by atoms with Crippen LogP contribution in [0.1, 0.15) is 0 Å². The van der Waals surface area contributed by atoms with Crippen molar-refractivity contribution in [1.29, 1.82) is 0 Å². The average Bonchev–Trinajstić information content (AvgIpc) is 3.04. The second-order valence-electron chi connectivity index (χ2n) is 4.73. The van der Waals surface area contributed by atoms with Gasteiger partial charge in [0.2, 0.25) is 0 Å². The Bertz CT molecular complexity index is 833. The highest BCUT2D eigenvalue weighted by Gasteiger charge is 2.11. The van der Waals surface area contributed by atoms with Crippen LogP contribution in [0.4, 0.5) is 0 Å². The summed E-state index contributed by atoms with van der Waals surface area (Å²) >= 11 is 6.20. The maximum Gasteiger partial charge on any atom is 0.255 e. The molecular formula is C16H13ClN4O2. The van der Waals surface area contributed by atoms with E-state index < -0.39 is 5.91 Å². The molecule has 6 nitrogen and oxygen atoms in total. The Morgan fingerprint density at radius 2 is 2.17 bits per heavy atom. The van der Waals surface area contributed by atoms with Gasteiger partial charge in [-0.3, -0.25) is 14.3 Å². The van der Waals surface area contributed by atoms with Gasteiger partial charge < -0.3 is 10.5 Å². The molecule has 0 aliphatic carbocycles. The van der Waals surface area contributed by atoms with Crippen molar-refractivity contribution in [1.82, 2.24) is 14.5 Å². The van der Waals surface area contributed by atoms with Crippen LogP contribution in [0.25, 0.3) is 17.1 Å². The lowest BCUT2D eigenvalue weighted by atomic mass is 10.2. The molecule has 2 aromatic heterocycles. The van der Waals surface area contributed by atoms with Gasteiger partial charge in [0.1, 0.15) is 11.6 Å². The van der Waals surface area contributed by atoms with Crippen molar-refractivity contribution < 1.29 is 9.53 Å². The predicted molar refractivity (Wildman–Crippen MR) is 86.5 cm³/mol. The summed E-state index contributed by atoms with van der Waals surface area (Å²) < 4.78 is 7.15. The Morgan fingerprint density at radius 3 is 2.87 bits per heavy atom. The highest BCUT2D eigenvalue weighted by atomic mass is 35.5. The van der Waals surface area contributed by atoms with Gasteiger partial charge >= 0.3 is 0 Å². The van der Waals surface area contributed by atoms with E-state index in [1.165, 1.54) is 0 Å². The third-order valence-corrected chi connectivity index (χ3v) is 3.42. The molecule has 0 unspecified atom stereocenters. The number of carbonyl (C=O) groups excluding carboxylic acids is 1. The molecule has 3 aromatic rings. The number of ether oxygens (including phenoxy) is 1. The zero-order valence-corrected chi connectivity index (χ0v) is 12.8. The van der Waals surface area contributed by atoms with Gasteiger partial charge in [0.15, 0.2) is 6.61 Å². The molecule has 23 heavy (non-hydrogen) atoms. The Hall–Kier alpha value is -2.86. The van der Waals surface area contributed by atoms with E-state index in [9.17, 15) is 4.79 Å². The van der Waals surface area contributed by atoms with Crippen molar-refractivity contribution in [3.05, 3.63) is 60.1 Å². The summed E-state index contributed by atoms with van der Waals surface area (Å²) in [5.41, 5.74) is 6.76. The van der Waals surface area contributed by atoms with Gasteiger partial charge in [-0.25, -0.2) is 4.98 Å². The van der Waals surface area contributed by atoms with Gasteiger partial charge in [0, 0.05) is 24.2 Å². The second-order valence-corrected chi connectivity index (χ2v) is 5.14. The summed E-state index contributed by atoms with van der Waals surface area (Å²) in [4.78, 5) is 19.3. The first-order valence-corrected chi connectivity index (χ1v) is 7.18. The number of nitrogens with zero attached hydrogens (tertiary/aromatic N) is 3. The Kier molecular flexibility index (Phi) is 4.25. The van der Waals surface area contributed by atoms with Gasteiger partial charge in [-0.1, -0.05) is 11.6 Å². The van der Waals surface area contributed by atoms with Gasteiger partial charge in [0.05, 0.1) is 16.9 Å². The molecule has 3 rings (SSSR count). The van der Waals surface area contributed by atoms with Crippen LogP contribution >= 0.6 is 11.6 Å². The molecule has 0 radical (unpaired) electrons. The maximum absolute atomic E-state index is 10.8. The average molecular weight is 329 g/mol. The van der Waals surface area contributed by atoms with Crippen LogP contribution < -0.4 is 10.5 Å². The number of aromatic nitrogens is 3. The van der Waals surface area contributed by atoms with Crippen molar-refractivity contribution in [2.24, 2.45) is 5.73 Å². The smallest absolute Gasteiger partial charge is 0.255 e. The third kappa shape index (κ3) is 3.32. The van der Waals surface area contributed by atoms with E-state index in [4.69, 9.17) is 22.1 Å². The van der Waals surface area contributed by atoms with Crippen molar-refractivity contribution in [3.63, 3.8) is 0 Å². The number of carbonyl (C=O) groups is 1. The molecule has 0 saturated carbocycles. The first-order chi connectivity index (χ1) is 11.1. The van der Waals surface area contributed by atoms with E-state index in [1.807, 2.05) is 29.0 Å². The summed E-state index contributed by atoms with van der Waals surface area (Å²) in [5.74, 6) is 0.562. The minimum absolute atomic E-state index is 0.219. The predicted octanol–water partition coefficient (Wildman–Crippen LogP) is 2.45. The molecule has 0 aliphatic heterocycles. The van der Waals surface area contributed by atoms with Crippen LogP contribution in [-0.4, -0.2) is 27.0 Å². The summed E-state index contributed by atoms with van der Waals surface area (Å²) in [6.45, 7) is -0.219. The molecule has 1 amide bonds. The fourth-order valence-corrected chi connectivity index (χ4v) is 2.36. The number of rotatable bonds is 5. The minimum Gasteiger partial charge on any atom is -0.482 e. The van der Waals surface area contributed by atoms with Crippen molar-refractivity contribution >= 4 is 17.5 Å². The van der Waals surface area contributed by atoms with Crippen LogP contribution in [0.5, 0.6) is 5.75 Å². The normalized spacial score (nSPS) is 10.5. The van der Waals surface area contributed by atoms with Gasteiger partial charge in [-0.05, 0) is 30.3 Å². The number of amides is 1. The Balaban J connectivity index is 1.93. The number of benzene rings is 1. The van der Waals surface area contributed by atoms with E-state index >= 15 is 0 Å². The molecule has 1 aromatic carbocycles. The van der Waals surface area contributed by atoms with Crippen molar-refractivity contribution in [3.8, 4) is 22.8 Å². The van der Waals surface area contributed by atoms with Crippen molar-refractivity contribution in [2.75, 3.05) is 6.61 Å². The van der Waals surface area contributed by atoms with Gasteiger partial charge in [0.25, 0.3) is 5.91 Å². The maximum atomic E-state index is 10.8. The minimum atomic E-state index is -0.558. The van der Waals surface area contributed by atoms with E-state index in [-0.39, 0.29) is 6.61 Å². The number of pyridine rings is 1. The quantitative estimate of drug-likeness (QED) is 0.779. The molecule has 2 N–H and O–H groups in total. The highest BCUT2D eigenvalue weighted by molar-refractivity contribution is 6.32. The number of hydrogen-bond acceptors (Lipinski definition) is 4. The van der Waals surface area contributed by atoms with Crippen LogP contribution in [-0.2, 0) is 4.79 Å². The highest BCUT2D eigenvalue weighted by Crippen LogP contribution is 2.30. The lowest BCUT2D eigenvalue weighted by Gasteiger charge is -2.10. The Morgan fingerprint density at radius 1 is 1.30 bits per heavy atom. The molecule has 116 valence electrons. The largest absolute Gasteiger partial charge is 0.482 e. The molecule has 7 heteroatoms. The number of imidazole rings is 1. The Labute approximate surface area is 137 Å². The van der Waals surface area contributed by atoms with Crippen LogP contribution in [0.2, 0.25) is 5.02 Å². The molecule has 0 saturated heterocycles. The SMILES string of the molecule is NC(=O)COc1ccc(-c2nccn2-c2cccnc2)cc1Cl. The fraction of sp³-hybridized carbons (Fsp3) is 0.0625. The summed E-state index contributed by atoms with van der Waals surface area (Å²) in [5, 5.41) is 0.379. The molecule has 0 fully saturated rings. The molecule has 2 heterocycles. The van der Waals surface area contributed by atoms with Crippen LogP contribution in [0, 0.1) is 0 Å². The molecule has 0 bridgehead atoms. The number of primary amides is 1. The van der Waals surface area contributed by atoms with E-state index in [0.717, 1.165) is 17.1 Å². The van der Waals surface area contributed by atoms with Gasteiger partial charge in [-0.15, -0.1) is 0 Å². The third-order valence-electron chi connectivity index (χ3n) is 3.12. The van der Waals surface area contributed by atoms with Crippen LogP contribution in [0.3, 0.4) is 0 Å². The van der Waals surface area contributed by atoms with Crippen molar-refractivity contribution in [2.45, 2.75) is 0 Å². The summed E-state index contributed by atoms with van der Waals surface area (Å²) in [7, 11) is 0. The first kappa shape index (κ1) is 15.1. The summed E-state index contributed by atoms with van der Waals surface area (Å²) in [6, 6.07) is 9.02. The number of halogens is 1. The second kappa shape index (κ2) is 6.50. The number of hydrogen-bond donors (Lipinski definition) is 1. The zero-order chi connectivity index (χ0) is 16.2. The molecule has 0 spiro atoms. The molecular weight excluding hydrogens is 316 g/mol. The standard InChI is InChI=1S/C16H13ClN4O2/c17-13-8-11(3-4-14(13)23-10-15(18)22)16-20-6-7-21(16)12-2-1-5-19-9-12/h1-9H,10H2,(H2,18,22). The molecule has 0 atom stereocenters. The van der Waals surface area contributed by atoms with E-state index in [0.29, 0.717) is 10.8 Å². The lowest BCUT2D eigenvalue weighted by molar-refractivity contribution is -0.119. The topological polar surface area (TPSA) is 83.0 Å². The molecule has 0 aliphatic rings. The summed E-state index contributed by atoms with van der Waals surface area (Å²) in [6.07, 6.45) is 7.00. The van der Waals surface area contributed by atoms with E-state index in [2.05, 4.69) is 9.97 Å². The first-order valence-electron chi connectivity index (χ1n) is 6.80. The zero-order valence-electron chi connectivity index (χ0n) is 12.0. The number of nitrogens with two attached hydrogens (primary N) is 1. The fourth-order valence-electron chi connectivity index (χ4n) is 2.13. The monoisotopic (exact) mass is 328 g/mol.